The van der Waals surface area contributed by atoms with Crippen LogP contribution in [0.3, 0.4) is 0 Å². The van der Waals surface area contributed by atoms with Crippen LogP contribution in [0, 0.1) is 24.5 Å². The number of hydrogen-bond donors (Lipinski definition) is 0. The first-order chi connectivity index (χ1) is 18.7. The number of benzene rings is 5. The normalized spacial score (nSPS) is 11.1. The van der Waals surface area contributed by atoms with Gasteiger partial charge < -0.3 is 9.13 Å². The second-order valence-corrected chi connectivity index (χ2v) is 9.15. The molecule has 7 rings (SSSR count). The molecule has 38 heavy (non-hydrogen) atoms. The van der Waals surface area contributed by atoms with Gasteiger partial charge in [0.2, 0.25) is 0 Å². The number of fused-ring (bicyclic) bond motifs is 6. The zero-order chi connectivity index (χ0) is 25.8. The molecule has 0 unspecified atom stereocenters. The maximum atomic E-state index is 9.56. The van der Waals surface area contributed by atoms with E-state index in [4.69, 9.17) is 13.1 Å². The number of hydrogen-bond acceptors (Lipinski definition) is 1. The van der Waals surface area contributed by atoms with Gasteiger partial charge in [0, 0.05) is 21.8 Å². The molecule has 5 nitrogen and oxygen atoms in total. The zero-order valence-electron chi connectivity index (χ0n) is 20.1. The van der Waals surface area contributed by atoms with Crippen LogP contribution >= 0.6 is 0 Å². The van der Waals surface area contributed by atoms with Gasteiger partial charge in [0.25, 0.3) is 0 Å². The van der Waals surface area contributed by atoms with E-state index in [1.807, 2.05) is 72.8 Å². The van der Waals surface area contributed by atoms with Crippen molar-refractivity contribution in [1.82, 2.24) is 9.13 Å². The lowest BCUT2D eigenvalue weighted by Crippen LogP contribution is -2.00. The largest absolute Gasteiger partial charge is 0.307 e. The summed E-state index contributed by atoms with van der Waals surface area (Å²) in [6, 6.07) is 36.0. The lowest BCUT2D eigenvalue weighted by Gasteiger charge is -2.14. The molecule has 5 aromatic carbocycles. The molecule has 0 radical (unpaired) electrons. The van der Waals surface area contributed by atoms with E-state index in [1.165, 1.54) is 0 Å². The summed E-state index contributed by atoms with van der Waals surface area (Å²) in [6.45, 7) is 14.9. The molecule has 0 aliphatic carbocycles. The van der Waals surface area contributed by atoms with Gasteiger partial charge in [-0.25, -0.2) is 9.69 Å². The van der Waals surface area contributed by atoms with Crippen molar-refractivity contribution >= 4 is 55.0 Å². The van der Waals surface area contributed by atoms with Crippen LogP contribution in [0.15, 0.2) is 103 Å². The van der Waals surface area contributed by atoms with E-state index in [9.17, 15) is 5.26 Å². The van der Waals surface area contributed by atoms with Gasteiger partial charge in [0.1, 0.15) is 0 Å². The molecule has 0 saturated heterocycles. The quantitative estimate of drug-likeness (QED) is 0.226. The molecular formula is C33H17N5. The summed E-state index contributed by atoms with van der Waals surface area (Å²) >= 11 is 0. The van der Waals surface area contributed by atoms with Crippen molar-refractivity contribution in [3.8, 4) is 17.4 Å². The van der Waals surface area contributed by atoms with Gasteiger partial charge in [-0.1, -0.05) is 48.5 Å². The number of nitrogens with zero attached hydrogens (tertiary/aromatic N) is 5. The Labute approximate surface area is 218 Å². The summed E-state index contributed by atoms with van der Waals surface area (Å²) in [4.78, 5) is 7.24. The molecule has 7 aromatic rings. The standard InChI is InChI=1S/C33H17N5/c1-35-22-11-14-24(15-12-22)37-30-17-13-23(36-2)19-28(30)26-7-5-9-32(33(26)37)38-29-8-4-3-6-25(29)27-18-21(20-34)10-16-31(27)38/h3-19H. The molecule has 0 N–H and O–H groups in total. The first-order valence-electron chi connectivity index (χ1n) is 12.1. The second kappa shape index (κ2) is 8.10. The first-order valence-corrected chi connectivity index (χ1v) is 12.1. The topological polar surface area (TPSA) is 42.4 Å². The molecule has 174 valence electrons. The van der Waals surface area contributed by atoms with E-state index in [2.05, 4.69) is 55.2 Å². The van der Waals surface area contributed by atoms with Crippen LogP contribution in [-0.2, 0) is 0 Å². The Morgan fingerprint density at radius 1 is 0.579 bits per heavy atom. The van der Waals surface area contributed by atoms with Crippen molar-refractivity contribution in [3.05, 3.63) is 132 Å². The zero-order valence-corrected chi connectivity index (χ0v) is 20.1. The molecule has 0 bridgehead atoms. The third-order valence-corrected chi connectivity index (χ3v) is 7.16. The van der Waals surface area contributed by atoms with Crippen LogP contribution < -0.4 is 0 Å². The molecule has 0 atom stereocenters. The van der Waals surface area contributed by atoms with E-state index in [0.717, 1.165) is 55.0 Å². The number of para-hydroxylation sites is 2. The van der Waals surface area contributed by atoms with E-state index < -0.39 is 0 Å². The van der Waals surface area contributed by atoms with Gasteiger partial charge in [-0.2, -0.15) is 5.26 Å². The minimum Gasteiger partial charge on any atom is -0.307 e. The summed E-state index contributed by atoms with van der Waals surface area (Å²) in [5.74, 6) is 0. The van der Waals surface area contributed by atoms with Crippen LogP contribution in [0.25, 0.3) is 64.7 Å². The Morgan fingerprint density at radius 2 is 1.24 bits per heavy atom. The predicted octanol–water partition coefficient (Wildman–Crippen LogP) is 8.85. The molecule has 0 aliphatic rings. The van der Waals surface area contributed by atoms with Crippen LogP contribution in [0.4, 0.5) is 11.4 Å². The average Bonchev–Trinajstić information content (AvgIpc) is 3.49. The average molecular weight is 484 g/mol. The number of nitriles is 1. The maximum absolute atomic E-state index is 9.56. The van der Waals surface area contributed by atoms with E-state index in [1.54, 1.807) is 0 Å². The Kier molecular flexibility index (Phi) is 4.57. The maximum Gasteiger partial charge on any atom is 0.188 e. The van der Waals surface area contributed by atoms with Crippen molar-refractivity contribution in [2.75, 3.05) is 0 Å². The predicted molar refractivity (Wildman–Crippen MR) is 152 cm³/mol. The number of rotatable bonds is 2. The highest BCUT2D eigenvalue weighted by Crippen LogP contribution is 2.40. The summed E-state index contributed by atoms with van der Waals surface area (Å²) in [7, 11) is 0. The molecular weight excluding hydrogens is 466 g/mol. The second-order valence-electron chi connectivity index (χ2n) is 9.15. The fraction of sp³-hybridized carbons (Fsp3) is 0. The van der Waals surface area contributed by atoms with Crippen LogP contribution in [-0.4, -0.2) is 9.13 Å². The molecule has 0 fully saturated rings. The monoisotopic (exact) mass is 483 g/mol. The third kappa shape index (κ3) is 2.96. The smallest absolute Gasteiger partial charge is 0.188 e. The highest BCUT2D eigenvalue weighted by molar-refractivity contribution is 6.15. The SMILES string of the molecule is [C-]#[N+]c1ccc(-n2c3ccc([N+]#[C-])cc3c3cccc(-n4c5ccccc5c5cc(C#N)ccc54)c32)cc1. The molecule has 0 amide bonds. The van der Waals surface area contributed by atoms with Crippen LogP contribution in [0.1, 0.15) is 5.56 Å². The minimum absolute atomic E-state index is 0.584. The fourth-order valence-corrected chi connectivity index (χ4v) is 5.54. The molecule has 0 spiro atoms. The molecule has 2 aromatic heterocycles. The van der Waals surface area contributed by atoms with Crippen molar-refractivity contribution in [3.63, 3.8) is 0 Å². The van der Waals surface area contributed by atoms with Crippen molar-refractivity contribution in [2.45, 2.75) is 0 Å². The number of aromatic nitrogens is 2. The van der Waals surface area contributed by atoms with Gasteiger partial charge in [0.15, 0.2) is 11.4 Å². The van der Waals surface area contributed by atoms with Gasteiger partial charge in [0.05, 0.1) is 52.5 Å². The fourth-order valence-electron chi connectivity index (χ4n) is 5.54. The molecule has 5 heteroatoms. The van der Waals surface area contributed by atoms with E-state index in [-0.39, 0.29) is 0 Å². The Hall–Kier alpha value is -5.83. The van der Waals surface area contributed by atoms with Gasteiger partial charge in [-0.15, -0.1) is 0 Å². The first kappa shape index (κ1) is 21.5. The lowest BCUT2D eigenvalue weighted by molar-refractivity contribution is 1.13. The van der Waals surface area contributed by atoms with Crippen molar-refractivity contribution in [2.24, 2.45) is 0 Å². The Balaban J connectivity index is 1.68. The summed E-state index contributed by atoms with van der Waals surface area (Å²) < 4.78 is 4.47. The Bertz CT molecular complexity index is 2210. The summed E-state index contributed by atoms with van der Waals surface area (Å²) in [5.41, 5.74) is 7.79. The summed E-state index contributed by atoms with van der Waals surface area (Å²) in [5, 5.41) is 13.7. The highest BCUT2D eigenvalue weighted by Gasteiger charge is 2.20. The van der Waals surface area contributed by atoms with Crippen LogP contribution in [0.5, 0.6) is 0 Å². The van der Waals surface area contributed by atoms with Gasteiger partial charge in [-0.3, -0.25) is 0 Å². The molecule has 2 heterocycles. The van der Waals surface area contributed by atoms with E-state index in [0.29, 0.717) is 16.9 Å². The van der Waals surface area contributed by atoms with Gasteiger partial charge in [-0.05, 0) is 60.0 Å². The van der Waals surface area contributed by atoms with Crippen LogP contribution in [0.2, 0.25) is 0 Å². The van der Waals surface area contributed by atoms with E-state index >= 15 is 0 Å². The lowest BCUT2D eigenvalue weighted by atomic mass is 10.1. The molecule has 0 saturated carbocycles. The molecule has 0 aliphatic heterocycles. The third-order valence-electron chi connectivity index (χ3n) is 7.16. The van der Waals surface area contributed by atoms with Gasteiger partial charge >= 0.3 is 0 Å². The highest BCUT2D eigenvalue weighted by atomic mass is 15.1. The summed E-state index contributed by atoms with van der Waals surface area (Å²) in [6.07, 6.45) is 0. The van der Waals surface area contributed by atoms with Crippen molar-refractivity contribution < 1.29 is 0 Å². The Morgan fingerprint density at radius 3 is 2.03 bits per heavy atom. The van der Waals surface area contributed by atoms with Crippen molar-refractivity contribution in [1.29, 1.82) is 5.26 Å². The minimum atomic E-state index is 0.584.